The van der Waals surface area contributed by atoms with E-state index in [1.165, 1.54) is 0 Å². The summed E-state index contributed by atoms with van der Waals surface area (Å²) in [6, 6.07) is -0.283. The van der Waals surface area contributed by atoms with Crippen LogP contribution in [0.2, 0.25) is 0 Å². The van der Waals surface area contributed by atoms with E-state index in [1.807, 2.05) is 0 Å². The van der Waals surface area contributed by atoms with Gasteiger partial charge in [-0.25, -0.2) is 0 Å². The molecule has 0 saturated heterocycles. The molecule has 0 heterocycles. The summed E-state index contributed by atoms with van der Waals surface area (Å²) < 4.78 is 4.84. The van der Waals surface area contributed by atoms with Gasteiger partial charge in [0.1, 0.15) is 0 Å². The Morgan fingerprint density at radius 3 is 2.35 bits per heavy atom. The van der Waals surface area contributed by atoms with E-state index in [-0.39, 0.29) is 17.9 Å². The fourth-order valence-corrected chi connectivity index (χ4v) is 1.51. The molecular formula is C14H29N3O3. The largest absolute Gasteiger partial charge is 0.383 e. The fourth-order valence-electron chi connectivity index (χ4n) is 1.51. The molecule has 6 heteroatoms. The number of rotatable bonds is 11. The van der Waals surface area contributed by atoms with Crippen molar-refractivity contribution in [2.24, 2.45) is 5.92 Å². The molecule has 0 rings (SSSR count). The molecule has 0 fully saturated rings. The highest BCUT2D eigenvalue weighted by Gasteiger charge is 2.11. The van der Waals surface area contributed by atoms with Crippen molar-refractivity contribution in [3.63, 3.8) is 0 Å². The maximum absolute atomic E-state index is 11.7. The highest BCUT2D eigenvalue weighted by Crippen LogP contribution is 1.96. The molecule has 0 aromatic heterocycles. The normalized spacial score (nSPS) is 12.2. The van der Waals surface area contributed by atoms with Crippen LogP contribution in [0.15, 0.2) is 0 Å². The molecule has 3 N–H and O–H groups in total. The van der Waals surface area contributed by atoms with Gasteiger partial charge < -0.3 is 20.7 Å². The summed E-state index contributed by atoms with van der Waals surface area (Å²) in [6.45, 7) is 8.24. The first-order valence-electron chi connectivity index (χ1n) is 7.24. The monoisotopic (exact) mass is 287 g/mol. The zero-order valence-electron chi connectivity index (χ0n) is 13.1. The molecule has 0 saturated carbocycles. The molecule has 0 bridgehead atoms. The second-order valence-electron chi connectivity index (χ2n) is 5.24. The maximum Gasteiger partial charge on any atom is 0.236 e. The summed E-state index contributed by atoms with van der Waals surface area (Å²) >= 11 is 0. The Morgan fingerprint density at radius 2 is 1.75 bits per heavy atom. The molecule has 0 aliphatic carbocycles. The second-order valence-corrected chi connectivity index (χ2v) is 5.24. The lowest BCUT2D eigenvalue weighted by Gasteiger charge is -2.14. The molecule has 0 aromatic rings. The highest BCUT2D eigenvalue weighted by atomic mass is 16.5. The molecular weight excluding hydrogens is 258 g/mol. The van der Waals surface area contributed by atoms with Crippen LogP contribution in [0.5, 0.6) is 0 Å². The average Bonchev–Trinajstić information content (AvgIpc) is 2.38. The Morgan fingerprint density at radius 1 is 1.05 bits per heavy atom. The maximum atomic E-state index is 11.7. The van der Waals surface area contributed by atoms with Gasteiger partial charge in [0, 0.05) is 33.2 Å². The first-order valence-corrected chi connectivity index (χ1v) is 7.24. The summed E-state index contributed by atoms with van der Waals surface area (Å²) in [5, 5.41) is 8.64. The minimum atomic E-state index is -0.283. The Bertz CT molecular complexity index is 283. The quantitative estimate of drug-likeness (QED) is 0.477. The molecule has 6 nitrogen and oxygen atoms in total. The number of ether oxygens (including phenoxy) is 1. The van der Waals surface area contributed by atoms with Crippen LogP contribution in [-0.4, -0.2) is 51.2 Å². The van der Waals surface area contributed by atoms with E-state index < -0.39 is 0 Å². The number of hydrogen-bond donors (Lipinski definition) is 3. The van der Waals surface area contributed by atoms with Crippen LogP contribution in [0.1, 0.15) is 33.6 Å². The molecule has 1 atom stereocenters. The van der Waals surface area contributed by atoms with Crippen molar-refractivity contribution < 1.29 is 14.3 Å². The minimum absolute atomic E-state index is 0.0227. The summed E-state index contributed by atoms with van der Waals surface area (Å²) in [5.74, 6) is 0.516. The van der Waals surface area contributed by atoms with Gasteiger partial charge in [0.25, 0.3) is 0 Å². The first-order chi connectivity index (χ1) is 9.47. The van der Waals surface area contributed by atoms with E-state index in [2.05, 4.69) is 29.8 Å². The van der Waals surface area contributed by atoms with Crippen molar-refractivity contribution >= 4 is 11.8 Å². The lowest BCUT2D eigenvalue weighted by atomic mass is 10.1. The van der Waals surface area contributed by atoms with Crippen molar-refractivity contribution in [2.45, 2.75) is 39.7 Å². The van der Waals surface area contributed by atoms with Crippen LogP contribution in [0.4, 0.5) is 0 Å². The Balaban J connectivity index is 3.63. The molecule has 0 spiro atoms. The predicted octanol–water partition coefficient (Wildman–Crippen LogP) is 0.280. The molecule has 0 aliphatic heterocycles. The third-order valence-corrected chi connectivity index (χ3v) is 2.85. The van der Waals surface area contributed by atoms with Crippen molar-refractivity contribution in [3.05, 3.63) is 0 Å². The minimum Gasteiger partial charge on any atom is -0.383 e. The predicted molar refractivity (Wildman–Crippen MR) is 79.4 cm³/mol. The van der Waals surface area contributed by atoms with Gasteiger partial charge in [-0.05, 0) is 19.3 Å². The van der Waals surface area contributed by atoms with E-state index in [9.17, 15) is 9.59 Å². The third kappa shape index (κ3) is 10.8. The lowest BCUT2D eigenvalue weighted by Crippen LogP contribution is -2.43. The molecule has 0 aliphatic rings. The van der Waals surface area contributed by atoms with Crippen molar-refractivity contribution in [2.75, 3.05) is 33.4 Å². The van der Waals surface area contributed by atoms with E-state index in [1.54, 1.807) is 14.0 Å². The SMILES string of the molecule is COCCNC(=O)CCNC(C)C(=O)NCCC(C)C. The molecule has 118 valence electrons. The van der Waals surface area contributed by atoms with E-state index >= 15 is 0 Å². The van der Waals surface area contributed by atoms with Gasteiger partial charge in [0.2, 0.25) is 11.8 Å². The summed E-state index contributed by atoms with van der Waals surface area (Å²) in [6.07, 6.45) is 1.33. The first kappa shape index (κ1) is 18.9. The molecule has 0 radical (unpaired) electrons. The van der Waals surface area contributed by atoms with Gasteiger partial charge in [0.05, 0.1) is 12.6 Å². The molecule has 1 unspecified atom stereocenters. The van der Waals surface area contributed by atoms with Gasteiger partial charge >= 0.3 is 0 Å². The topological polar surface area (TPSA) is 79.5 Å². The van der Waals surface area contributed by atoms with Crippen LogP contribution < -0.4 is 16.0 Å². The van der Waals surface area contributed by atoms with Crippen LogP contribution in [0.25, 0.3) is 0 Å². The fraction of sp³-hybridized carbons (Fsp3) is 0.857. The summed E-state index contributed by atoms with van der Waals surface area (Å²) in [7, 11) is 1.59. The zero-order valence-corrected chi connectivity index (χ0v) is 13.1. The zero-order chi connectivity index (χ0) is 15.4. The smallest absolute Gasteiger partial charge is 0.236 e. The van der Waals surface area contributed by atoms with Crippen LogP contribution in [0, 0.1) is 5.92 Å². The van der Waals surface area contributed by atoms with Gasteiger partial charge in [-0.15, -0.1) is 0 Å². The number of carbonyl (C=O) groups excluding carboxylic acids is 2. The summed E-state index contributed by atoms with van der Waals surface area (Å²) in [4.78, 5) is 23.1. The average molecular weight is 287 g/mol. The molecule has 20 heavy (non-hydrogen) atoms. The van der Waals surface area contributed by atoms with E-state index in [4.69, 9.17) is 4.74 Å². The Labute approximate surface area is 122 Å². The second kappa shape index (κ2) is 11.7. The van der Waals surface area contributed by atoms with Gasteiger partial charge in [-0.1, -0.05) is 13.8 Å². The van der Waals surface area contributed by atoms with Crippen molar-refractivity contribution in [1.29, 1.82) is 0 Å². The van der Waals surface area contributed by atoms with Crippen LogP contribution in [-0.2, 0) is 14.3 Å². The van der Waals surface area contributed by atoms with Crippen LogP contribution >= 0.6 is 0 Å². The Hall–Kier alpha value is -1.14. The Kier molecular flexibility index (Phi) is 11.0. The van der Waals surface area contributed by atoms with Crippen molar-refractivity contribution in [1.82, 2.24) is 16.0 Å². The number of hydrogen-bond acceptors (Lipinski definition) is 4. The van der Waals surface area contributed by atoms with E-state index in [0.717, 1.165) is 6.42 Å². The number of methoxy groups -OCH3 is 1. The van der Waals surface area contributed by atoms with Gasteiger partial charge in [-0.2, -0.15) is 0 Å². The number of nitrogens with one attached hydrogen (secondary N) is 3. The molecule has 2 amide bonds. The summed E-state index contributed by atoms with van der Waals surface area (Å²) in [5.41, 5.74) is 0. The highest BCUT2D eigenvalue weighted by molar-refractivity contribution is 5.81. The lowest BCUT2D eigenvalue weighted by molar-refractivity contribution is -0.124. The van der Waals surface area contributed by atoms with Gasteiger partial charge in [0.15, 0.2) is 0 Å². The van der Waals surface area contributed by atoms with Gasteiger partial charge in [-0.3, -0.25) is 9.59 Å². The standard InChI is InChI=1S/C14H29N3O3/c1-11(2)5-7-17-14(19)12(3)15-8-6-13(18)16-9-10-20-4/h11-12,15H,5-10H2,1-4H3,(H,16,18)(H,17,19). The number of amides is 2. The molecule has 0 aromatic carbocycles. The van der Waals surface area contributed by atoms with Crippen molar-refractivity contribution in [3.8, 4) is 0 Å². The van der Waals surface area contributed by atoms with E-state index in [0.29, 0.717) is 38.6 Å². The van der Waals surface area contributed by atoms with Crippen LogP contribution in [0.3, 0.4) is 0 Å². The number of carbonyl (C=O) groups is 2. The third-order valence-electron chi connectivity index (χ3n) is 2.85.